The topological polar surface area (TPSA) is 206 Å². The Kier molecular flexibility index (Phi) is 16.6. The van der Waals surface area contributed by atoms with Crippen LogP contribution in [0.25, 0.3) is 10.8 Å². The van der Waals surface area contributed by atoms with Crippen LogP contribution < -0.4 is 9.47 Å². The van der Waals surface area contributed by atoms with Gasteiger partial charge >= 0.3 is 6.09 Å². The Labute approximate surface area is 416 Å². The third-order valence-corrected chi connectivity index (χ3v) is 13.8. The molecule has 3 aliphatic rings. The summed E-state index contributed by atoms with van der Waals surface area (Å²) in [4.78, 5) is 45.0. The molecule has 1 fully saturated rings. The Morgan fingerprint density at radius 3 is 2.37 bits per heavy atom. The number of hydrogen-bond donors (Lipinski definition) is 2. The summed E-state index contributed by atoms with van der Waals surface area (Å²) in [5.74, 6) is -1.74. The fourth-order valence-corrected chi connectivity index (χ4v) is 10.6. The number of benzene rings is 5. The molecule has 372 valence electrons. The lowest BCUT2D eigenvalue weighted by molar-refractivity contribution is -0.385. The second-order valence-corrected chi connectivity index (χ2v) is 18.3. The number of rotatable bonds is 23. The minimum atomic E-state index is -1.63. The van der Waals surface area contributed by atoms with Crippen molar-refractivity contribution < 1.29 is 48.6 Å². The van der Waals surface area contributed by atoms with Gasteiger partial charge in [0.1, 0.15) is 36.5 Å². The maximum absolute atomic E-state index is 14.9. The molecule has 2 aliphatic carbocycles. The smallest absolute Gasteiger partial charge is 0.410 e. The number of carbonyl (C=O) groups is 1. The highest BCUT2D eigenvalue weighted by Crippen LogP contribution is 2.62. The highest BCUT2D eigenvalue weighted by molar-refractivity contribution is 6.18. The van der Waals surface area contributed by atoms with Gasteiger partial charge in [-0.05, 0) is 101 Å². The van der Waals surface area contributed by atoms with Gasteiger partial charge in [-0.25, -0.2) is 4.79 Å². The monoisotopic (exact) mass is 988 g/mol. The molecule has 1 heterocycles. The number of oxime groups is 1. The summed E-state index contributed by atoms with van der Waals surface area (Å²) in [6.07, 6.45) is 7.18. The maximum atomic E-state index is 14.9. The van der Waals surface area contributed by atoms with Crippen LogP contribution in [-0.4, -0.2) is 80.9 Å². The third-order valence-electron chi connectivity index (χ3n) is 13.6. The van der Waals surface area contributed by atoms with E-state index in [4.69, 9.17) is 40.5 Å². The fourth-order valence-electron chi connectivity index (χ4n) is 10.5. The Morgan fingerprint density at radius 1 is 0.887 bits per heavy atom. The van der Waals surface area contributed by atoms with Gasteiger partial charge in [-0.15, -0.1) is 18.2 Å². The van der Waals surface area contributed by atoms with Crippen molar-refractivity contribution in [2.45, 2.75) is 75.8 Å². The number of ether oxygens (including phenoxy) is 4. The number of halogens is 1. The lowest BCUT2D eigenvalue weighted by Gasteiger charge is -2.59. The van der Waals surface area contributed by atoms with E-state index in [-0.39, 0.29) is 80.8 Å². The Balaban J connectivity index is 1.35. The van der Waals surface area contributed by atoms with E-state index in [9.17, 15) is 35.2 Å². The predicted octanol–water partition coefficient (Wildman–Crippen LogP) is 11.2. The van der Waals surface area contributed by atoms with Gasteiger partial charge in [-0.2, -0.15) is 0 Å². The van der Waals surface area contributed by atoms with Crippen LogP contribution in [-0.2, 0) is 27.5 Å². The first-order chi connectivity index (χ1) is 34.6. The Morgan fingerprint density at radius 2 is 1.62 bits per heavy atom. The molecule has 5 aromatic carbocycles. The molecule has 0 aromatic heterocycles. The molecule has 1 aliphatic heterocycles. The molecular formula is C54H57ClN4O12. The molecule has 2 N–H and O–H groups in total. The average Bonchev–Trinajstić information content (AvgIpc) is 3.38. The summed E-state index contributed by atoms with van der Waals surface area (Å²) in [7, 11) is 0. The highest BCUT2D eigenvalue weighted by Gasteiger charge is 2.65. The number of carbonyl (C=O) groups excluding carboxylic acids is 1. The third kappa shape index (κ3) is 11.2. The van der Waals surface area contributed by atoms with Gasteiger partial charge in [0.25, 0.3) is 11.4 Å². The van der Waals surface area contributed by atoms with Gasteiger partial charge in [-0.1, -0.05) is 78.7 Å². The largest absolute Gasteiger partial charge is 0.459 e. The molecule has 8 rings (SSSR count). The Bertz CT molecular complexity index is 2760. The van der Waals surface area contributed by atoms with Gasteiger partial charge in [-0.3, -0.25) is 25.1 Å². The zero-order valence-electron chi connectivity index (χ0n) is 39.2. The number of alkyl halides is 1. The number of amides is 1. The maximum Gasteiger partial charge on any atom is 0.410 e. The van der Waals surface area contributed by atoms with Gasteiger partial charge in [0.2, 0.25) is 5.79 Å². The SMILES string of the molecule is C=CCOC12Oc3ccc(Oc4cccc([N+](=O)[O-])c4)cc3C3C(CCCCO)C(CCCCO)C=C(C(=NOCc4ccc([N+](=O)[O-])cc4)CC1N(Cc1cccc4ccccc14)C(=O)OCCCl)C32. The van der Waals surface area contributed by atoms with Gasteiger partial charge in [0, 0.05) is 49.3 Å². The van der Waals surface area contributed by atoms with Gasteiger partial charge in [0.05, 0.1) is 46.6 Å². The number of nitrogens with zero attached hydrogens (tertiary/aromatic N) is 4. The second kappa shape index (κ2) is 23.4. The van der Waals surface area contributed by atoms with Crippen molar-refractivity contribution >= 4 is 45.6 Å². The number of nitro benzene ring substituents is 2. The average molecular weight is 990 g/mol. The molecule has 17 heteroatoms. The number of allylic oxidation sites excluding steroid dienone is 1. The Hall–Kier alpha value is -6.85. The summed E-state index contributed by atoms with van der Waals surface area (Å²) < 4.78 is 26.8. The lowest BCUT2D eigenvalue weighted by atomic mass is 9.55. The molecule has 0 saturated heterocycles. The number of non-ortho nitro benzene ring substituents is 2. The van der Waals surface area contributed by atoms with Crippen molar-refractivity contribution in [3.63, 3.8) is 0 Å². The van der Waals surface area contributed by atoms with Crippen molar-refractivity contribution in [2.24, 2.45) is 22.9 Å². The number of fused-ring (bicyclic) bond motifs is 3. The van der Waals surface area contributed by atoms with E-state index in [2.05, 4.69) is 12.7 Å². The van der Waals surface area contributed by atoms with E-state index in [1.54, 1.807) is 47.4 Å². The number of hydrogen-bond acceptors (Lipinski definition) is 13. The van der Waals surface area contributed by atoms with Crippen LogP contribution in [0.15, 0.2) is 139 Å². The summed E-state index contributed by atoms with van der Waals surface area (Å²) >= 11 is 6.17. The molecule has 6 unspecified atom stereocenters. The number of aliphatic hydroxyl groups excluding tert-OH is 2. The number of nitro groups is 2. The van der Waals surface area contributed by atoms with Crippen molar-refractivity contribution in [2.75, 3.05) is 32.3 Å². The summed E-state index contributed by atoms with van der Waals surface area (Å²) in [5.41, 5.74) is 3.37. The van der Waals surface area contributed by atoms with Crippen molar-refractivity contribution in [1.82, 2.24) is 4.90 Å². The molecule has 71 heavy (non-hydrogen) atoms. The highest BCUT2D eigenvalue weighted by atomic mass is 35.5. The van der Waals surface area contributed by atoms with Crippen LogP contribution in [0.2, 0.25) is 0 Å². The first-order valence-corrected chi connectivity index (χ1v) is 24.4. The van der Waals surface area contributed by atoms with Crippen LogP contribution in [0.5, 0.6) is 17.2 Å². The normalized spacial score (nSPS) is 21.5. The standard InChI is InChI=1S/C54H57ClN4O12/c1-2-28-68-54-50(57(53(62)67-29-25-55)34-39-14-9-13-37-11-3-4-17-44(37)39)33-48(56-69-35-36-19-21-40(22-20-36)58(63)64)46-30-38(12-5-7-26-60)45(18-6-8-27-61)51(52(46)54)47-32-43(23-24-49(47)71-54)70-42-16-10-15-41(31-42)59(65)66/h2-4,9-11,13-17,19-24,30-32,38,45,50-52,60-61H,1,5-8,12,18,25-29,33-35H2. The molecule has 0 bridgehead atoms. The molecule has 0 spiro atoms. The van der Waals surface area contributed by atoms with Crippen LogP contribution in [0, 0.1) is 38.0 Å². The fraction of sp³-hybridized carbons (Fsp3) is 0.370. The van der Waals surface area contributed by atoms with Gasteiger partial charge < -0.3 is 34.0 Å². The van der Waals surface area contributed by atoms with Gasteiger partial charge in [0.15, 0.2) is 0 Å². The van der Waals surface area contributed by atoms with Crippen LogP contribution >= 0.6 is 11.6 Å². The van der Waals surface area contributed by atoms with E-state index >= 15 is 0 Å². The van der Waals surface area contributed by atoms with Crippen LogP contribution in [0.4, 0.5) is 16.2 Å². The van der Waals surface area contributed by atoms with Crippen molar-refractivity contribution in [3.8, 4) is 17.2 Å². The zero-order chi connectivity index (χ0) is 49.9. The van der Waals surface area contributed by atoms with E-state index in [0.29, 0.717) is 61.3 Å². The first kappa shape index (κ1) is 50.5. The molecule has 6 atom stereocenters. The number of aliphatic hydroxyl groups is 2. The van der Waals surface area contributed by atoms with E-state index in [1.807, 2.05) is 48.5 Å². The molecule has 1 saturated carbocycles. The van der Waals surface area contributed by atoms with Crippen molar-refractivity contribution in [1.29, 1.82) is 0 Å². The number of unbranched alkanes of at least 4 members (excludes halogenated alkanes) is 2. The van der Waals surface area contributed by atoms with E-state index in [0.717, 1.165) is 27.5 Å². The lowest BCUT2D eigenvalue weighted by Crippen LogP contribution is -2.70. The summed E-state index contributed by atoms with van der Waals surface area (Å²) in [6, 6.07) is 30.3. The molecule has 16 nitrogen and oxygen atoms in total. The molecule has 0 radical (unpaired) electrons. The van der Waals surface area contributed by atoms with E-state index in [1.165, 1.54) is 24.3 Å². The quantitative estimate of drug-likeness (QED) is 0.0206. The minimum absolute atomic E-state index is 0.00286. The van der Waals surface area contributed by atoms with Crippen LogP contribution in [0.1, 0.15) is 67.6 Å². The molecule has 5 aromatic rings. The molecular weight excluding hydrogens is 932 g/mol. The van der Waals surface area contributed by atoms with Crippen LogP contribution in [0.3, 0.4) is 0 Å². The minimum Gasteiger partial charge on any atom is -0.459 e. The van der Waals surface area contributed by atoms with E-state index < -0.39 is 39.6 Å². The predicted molar refractivity (Wildman–Crippen MR) is 268 cm³/mol. The first-order valence-electron chi connectivity index (χ1n) is 23.9. The zero-order valence-corrected chi connectivity index (χ0v) is 39.9. The second-order valence-electron chi connectivity index (χ2n) is 17.9. The summed E-state index contributed by atoms with van der Waals surface area (Å²) in [6.45, 7) is 4.05. The van der Waals surface area contributed by atoms with Crippen molar-refractivity contribution in [3.05, 3.63) is 170 Å². The summed E-state index contributed by atoms with van der Waals surface area (Å²) in [5, 5.41) is 50.1. The molecule has 1 amide bonds.